The molecular formula is C19H21NO5. The molecule has 0 aromatic heterocycles. The van der Waals surface area contributed by atoms with E-state index < -0.39 is 12.6 Å². The number of amides is 1. The van der Waals surface area contributed by atoms with Crippen LogP contribution in [0.25, 0.3) is 0 Å². The molecule has 0 spiro atoms. The van der Waals surface area contributed by atoms with Gasteiger partial charge in [0.1, 0.15) is 18.1 Å². The molecule has 0 unspecified atom stereocenters. The van der Waals surface area contributed by atoms with Crippen molar-refractivity contribution in [1.82, 2.24) is 5.32 Å². The van der Waals surface area contributed by atoms with E-state index in [0.29, 0.717) is 35.6 Å². The standard InChI is InChI=1S/C19H21NO5/c1-13-10-15(11-14(2)18(13)25-12-17(21)22)19(23)20-8-9-24-16-6-4-3-5-7-16/h3-7,10-11H,8-9,12H2,1-2H3,(H,20,23)(H,21,22). The molecule has 0 aliphatic carbocycles. The fourth-order valence-electron chi connectivity index (χ4n) is 2.40. The highest BCUT2D eigenvalue weighted by Crippen LogP contribution is 2.24. The first kappa shape index (κ1) is 18.3. The maximum absolute atomic E-state index is 12.2. The number of carboxylic acid groups (broad SMARTS) is 1. The summed E-state index contributed by atoms with van der Waals surface area (Å²) in [7, 11) is 0. The molecular weight excluding hydrogens is 322 g/mol. The van der Waals surface area contributed by atoms with E-state index >= 15 is 0 Å². The minimum atomic E-state index is -1.04. The number of benzene rings is 2. The second-order valence-electron chi connectivity index (χ2n) is 5.54. The average molecular weight is 343 g/mol. The topological polar surface area (TPSA) is 84.9 Å². The molecule has 2 aromatic rings. The summed E-state index contributed by atoms with van der Waals surface area (Å²) < 4.78 is 10.8. The van der Waals surface area contributed by atoms with E-state index in [-0.39, 0.29) is 5.91 Å². The van der Waals surface area contributed by atoms with Gasteiger partial charge in [0.15, 0.2) is 6.61 Å². The summed E-state index contributed by atoms with van der Waals surface area (Å²) in [6, 6.07) is 12.7. The highest BCUT2D eigenvalue weighted by atomic mass is 16.5. The largest absolute Gasteiger partial charge is 0.492 e. The van der Waals surface area contributed by atoms with Crippen LogP contribution in [0.1, 0.15) is 21.5 Å². The van der Waals surface area contributed by atoms with Crippen LogP contribution in [0.2, 0.25) is 0 Å². The predicted octanol–water partition coefficient (Wildman–Crippen LogP) is 2.58. The first-order valence-electron chi connectivity index (χ1n) is 7.89. The van der Waals surface area contributed by atoms with Crippen molar-refractivity contribution in [3.8, 4) is 11.5 Å². The van der Waals surface area contributed by atoms with Crippen LogP contribution in [0.5, 0.6) is 11.5 Å². The highest BCUT2D eigenvalue weighted by Gasteiger charge is 2.12. The van der Waals surface area contributed by atoms with E-state index in [1.54, 1.807) is 26.0 Å². The summed E-state index contributed by atoms with van der Waals surface area (Å²) >= 11 is 0. The molecule has 0 saturated heterocycles. The molecule has 25 heavy (non-hydrogen) atoms. The Hall–Kier alpha value is -3.02. The van der Waals surface area contributed by atoms with Crippen molar-refractivity contribution in [2.24, 2.45) is 0 Å². The molecule has 0 fully saturated rings. The molecule has 6 heteroatoms. The number of nitrogens with one attached hydrogen (secondary N) is 1. The number of rotatable bonds is 8. The van der Waals surface area contributed by atoms with Crippen LogP contribution in [0.15, 0.2) is 42.5 Å². The van der Waals surface area contributed by atoms with Gasteiger partial charge in [0.2, 0.25) is 0 Å². The van der Waals surface area contributed by atoms with Gasteiger partial charge in [-0.05, 0) is 49.2 Å². The second kappa shape index (κ2) is 8.73. The minimum Gasteiger partial charge on any atom is -0.492 e. The lowest BCUT2D eigenvalue weighted by Crippen LogP contribution is -2.28. The van der Waals surface area contributed by atoms with Gasteiger partial charge < -0.3 is 19.9 Å². The Kier molecular flexibility index (Phi) is 6.39. The molecule has 0 heterocycles. The molecule has 0 radical (unpaired) electrons. The molecule has 0 bridgehead atoms. The fourth-order valence-corrected chi connectivity index (χ4v) is 2.40. The van der Waals surface area contributed by atoms with E-state index in [9.17, 15) is 9.59 Å². The normalized spacial score (nSPS) is 10.2. The van der Waals surface area contributed by atoms with Gasteiger partial charge in [0.05, 0.1) is 6.54 Å². The van der Waals surface area contributed by atoms with Crippen molar-refractivity contribution in [2.45, 2.75) is 13.8 Å². The highest BCUT2D eigenvalue weighted by molar-refractivity contribution is 5.94. The van der Waals surface area contributed by atoms with Gasteiger partial charge in [-0.15, -0.1) is 0 Å². The molecule has 2 N–H and O–H groups in total. The molecule has 0 aliphatic heterocycles. The van der Waals surface area contributed by atoms with Gasteiger partial charge in [-0.2, -0.15) is 0 Å². The molecule has 2 rings (SSSR count). The van der Waals surface area contributed by atoms with Crippen LogP contribution in [0, 0.1) is 13.8 Å². The molecule has 2 aromatic carbocycles. The summed E-state index contributed by atoms with van der Waals surface area (Å²) in [4.78, 5) is 22.9. The third-order valence-electron chi connectivity index (χ3n) is 3.46. The SMILES string of the molecule is Cc1cc(C(=O)NCCOc2ccccc2)cc(C)c1OCC(=O)O. The Morgan fingerprint density at radius 2 is 1.68 bits per heavy atom. The Labute approximate surface area is 146 Å². The van der Waals surface area contributed by atoms with Gasteiger partial charge in [0, 0.05) is 5.56 Å². The Balaban J connectivity index is 1.89. The van der Waals surface area contributed by atoms with Crippen LogP contribution < -0.4 is 14.8 Å². The van der Waals surface area contributed by atoms with Crippen molar-refractivity contribution in [3.63, 3.8) is 0 Å². The number of ether oxygens (including phenoxy) is 2. The first-order valence-corrected chi connectivity index (χ1v) is 7.89. The number of hydrogen-bond donors (Lipinski definition) is 2. The third kappa shape index (κ3) is 5.53. The van der Waals surface area contributed by atoms with Crippen LogP contribution in [-0.2, 0) is 4.79 Å². The van der Waals surface area contributed by atoms with Crippen LogP contribution in [-0.4, -0.2) is 36.7 Å². The van der Waals surface area contributed by atoms with E-state index in [0.717, 1.165) is 5.75 Å². The van der Waals surface area contributed by atoms with Crippen LogP contribution in [0.4, 0.5) is 0 Å². The molecule has 132 valence electrons. The smallest absolute Gasteiger partial charge is 0.341 e. The summed E-state index contributed by atoms with van der Waals surface area (Å²) in [6.07, 6.45) is 0. The maximum atomic E-state index is 12.2. The van der Waals surface area contributed by atoms with Gasteiger partial charge >= 0.3 is 5.97 Å². The Bertz CT molecular complexity index is 720. The Morgan fingerprint density at radius 1 is 1.04 bits per heavy atom. The monoisotopic (exact) mass is 343 g/mol. The molecule has 1 amide bonds. The summed E-state index contributed by atoms with van der Waals surface area (Å²) in [5.41, 5.74) is 1.93. The van der Waals surface area contributed by atoms with Gasteiger partial charge in [-0.3, -0.25) is 4.79 Å². The number of aryl methyl sites for hydroxylation is 2. The number of carbonyl (C=O) groups is 2. The molecule has 0 saturated carbocycles. The fraction of sp³-hybridized carbons (Fsp3) is 0.263. The summed E-state index contributed by atoms with van der Waals surface area (Å²) in [5.74, 6) is -0.0126. The van der Waals surface area contributed by atoms with E-state index in [1.807, 2.05) is 30.3 Å². The van der Waals surface area contributed by atoms with Crippen molar-refractivity contribution in [3.05, 3.63) is 59.2 Å². The lowest BCUT2D eigenvalue weighted by molar-refractivity contribution is -0.139. The number of carboxylic acids is 1. The zero-order valence-corrected chi connectivity index (χ0v) is 14.2. The summed E-state index contributed by atoms with van der Waals surface area (Å²) in [5, 5.41) is 11.5. The second-order valence-corrected chi connectivity index (χ2v) is 5.54. The lowest BCUT2D eigenvalue weighted by atomic mass is 10.1. The van der Waals surface area contributed by atoms with Crippen molar-refractivity contribution in [1.29, 1.82) is 0 Å². The first-order chi connectivity index (χ1) is 12.0. The maximum Gasteiger partial charge on any atom is 0.341 e. The van der Waals surface area contributed by atoms with Crippen molar-refractivity contribution >= 4 is 11.9 Å². The predicted molar refractivity (Wildman–Crippen MR) is 93.3 cm³/mol. The van der Waals surface area contributed by atoms with Crippen molar-refractivity contribution < 1.29 is 24.2 Å². The number of para-hydroxylation sites is 1. The van der Waals surface area contributed by atoms with Crippen LogP contribution >= 0.6 is 0 Å². The molecule has 0 atom stereocenters. The Morgan fingerprint density at radius 3 is 2.28 bits per heavy atom. The van der Waals surface area contributed by atoms with E-state index in [2.05, 4.69) is 5.32 Å². The number of hydrogen-bond acceptors (Lipinski definition) is 4. The molecule has 6 nitrogen and oxygen atoms in total. The minimum absolute atomic E-state index is 0.215. The van der Waals surface area contributed by atoms with Gasteiger partial charge in [0.25, 0.3) is 5.91 Å². The van der Waals surface area contributed by atoms with Gasteiger partial charge in [-0.25, -0.2) is 4.79 Å². The third-order valence-corrected chi connectivity index (χ3v) is 3.46. The molecule has 0 aliphatic rings. The quantitative estimate of drug-likeness (QED) is 0.720. The average Bonchev–Trinajstić information content (AvgIpc) is 2.58. The number of aliphatic carboxylic acids is 1. The lowest BCUT2D eigenvalue weighted by Gasteiger charge is -2.13. The summed E-state index contributed by atoms with van der Waals surface area (Å²) in [6.45, 7) is 3.89. The van der Waals surface area contributed by atoms with E-state index in [1.165, 1.54) is 0 Å². The zero-order chi connectivity index (χ0) is 18.2. The van der Waals surface area contributed by atoms with E-state index in [4.69, 9.17) is 14.6 Å². The van der Waals surface area contributed by atoms with Crippen molar-refractivity contribution in [2.75, 3.05) is 19.8 Å². The van der Waals surface area contributed by atoms with Gasteiger partial charge in [-0.1, -0.05) is 18.2 Å². The van der Waals surface area contributed by atoms with Crippen LogP contribution in [0.3, 0.4) is 0 Å². The number of carbonyl (C=O) groups excluding carboxylic acids is 1. The zero-order valence-electron chi connectivity index (χ0n) is 14.2.